The lowest BCUT2D eigenvalue weighted by Crippen LogP contribution is -2.47. The number of guanidine groups is 1. The van der Waals surface area contributed by atoms with Crippen LogP contribution >= 0.6 is 24.0 Å². The quantitative estimate of drug-likeness (QED) is 0.225. The van der Waals surface area contributed by atoms with Crippen molar-refractivity contribution in [1.29, 1.82) is 0 Å². The van der Waals surface area contributed by atoms with E-state index in [1.165, 1.54) is 38.4 Å². The highest BCUT2D eigenvalue weighted by molar-refractivity contribution is 14.0. The molecule has 1 fully saturated rings. The molecule has 2 unspecified atom stereocenters. The van der Waals surface area contributed by atoms with Crippen LogP contribution in [0, 0.1) is 11.8 Å². The van der Waals surface area contributed by atoms with Gasteiger partial charge in [-0.15, -0.1) is 24.0 Å². The van der Waals surface area contributed by atoms with Crippen molar-refractivity contribution in [3.8, 4) is 0 Å². The Morgan fingerprint density at radius 2 is 1.84 bits per heavy atom. The summed E-state index contributed by atoms with van der Waals surface area (Å²) in [5.41, 5.74) is 0. The first-order valence-electron chi connectivity index (χ1n) is 9.06. The fraction of sp³-hybridized carbons (Fsp3) is 0.941. The van der Waals surface area contributed by atoms with Crippen LogP contribution in [0.2, 0.25) is 0 Å². The molecule has 0 spiro atoms. The predicted octanol–water partition coefficient (Wildman–Crippen LogP) is 2.44. The first-order chi connectivity index (χ1) is 11.3. The zero-order chi connectivity index (χ0) is 18.0. The molecular weight excluding hydrogens is 453 g/mol. The monoisotopic (exact) mass is 489 g/mol. The normalized spacial score (nSPS) is 19.0. The van der Waals surface area contributed by atoms with Crippen molar-refractivity contribution in [1.82, 2.24) is 10.6 Å². The van der Waals surface area contributed by atoms with Crippen LogP contribution in [-0.2, 0) is 14.6 Å². The summed E-state index contributed by atoms with van der Waals surface area (Å²) in [4.78, 5) is 4.26. The van der Waals surface area contributed by atoms with Gasteiger partial charge in [-0.05, 0) is 18.8 Å². The molecule has 0 aromatic carbocycles. The molecule has 25 heavy (non-hydrogen) atoms. The van der Waals surface area contributed by atoms with Gasteiger partial charge in [-0.25, -0.2) is 8.42 Å². The van der Waals surface area contributed by atoms with E-state index in [4.69, 9.17) is 4.74 Å². The molecule has 0 radical (unpaired) electrons. The molecule has 1 saturated carbocycles. The van der Waals surface area contributed by atoms with E-state index >= 15 is 0 Å². The van der Waals surface area contributed by atoms with E-state index in [-0.39, 0.29) is 36.3 Å². The summed E-state index contributed by atoms with van der Waals surface area (Å²) in [6, 6.07) is 0.366. The van der Waals surface area contributed by atoms with Gasteiger partial charge in [0.2, 0.25) is 0 Å². The Morgan fingerprint density at radius 3 is 2.40 bits per heavy atom. The van der Waals surface area contributed by atoms with E-state index in [9.17, 15) is 8.42 Å². The molecule has 0 aromatic heterocycles. The van der Waals surface area contributed by atoms with Crippen LogP contribution in [-0.4, -0.2) is 59.2 Å². The number of rotatable bonds is 9. The number of sulfone groups is 1. The van der Waals surface area contributed by atoms with E-state index < -0.39 is 9.84 Å². The molecular formula is C17H36IN3O3S. The molecule has 8 heteroatoms. The van der Waals surface area contributed by atoms with Crippen LogP contribution in [0.25, 0.3) is 0 Å². The second-order valence-corrected chi connectivity index (χ2v) is 9.19. The van der Waals surface area contributed by atoms with Gasteiger partial charge >= 0.3 is 0 Å². The average Bonchev–Trinajstić information content (AvgIpc) is 2.55. The molecule has 0 aromatic rings. The van der Waals surface area contributed by atoms with Crippen LogP contribution < -0.4 is 10.6 Å². The lowest BCUT2D eigenvalue weighted by atomic mass is 9.78. The number of aliphatic imine (C=N–C) groups is 1. The zero-order valence-electron chi connectivity index (χ0n) is 16.1. The third-order valence-corrected chi connectivity index (χ3v) is 5.82. The minimum absolute atomic E-state index is 0. The minimum atomic E-state index is -2.95. The molecule has 150 valence electrons. The third kappa shape index (κ3) is 11.3. The summed E-state index contributed by atoms with van der Waals surface area (Å²) < 4.78 is 27.3. The SMILES string of the molecule is CN=C(NCCOCCS(C)(=O)=O)NC(C)C(C)C1CCCCC1.I. The second-order valence-electron chi connectivity index (χ2n) is 6.93. The predicted molar refractivity (Wildman–Crippen MR) is 116 cm³/mol. The Morgan fingerprint density at radius 1 is 1.20 bits per heavy atom. The standard InChI is InChI=1S/C17H35N3O3S.HI/c1-14(16-8-6-5-7-9-16)15(2)20-17(18-3)19-10-11-23-12-13-24(4,21)22;/h14-16H,5-13H2,1-4H3,(H2,18,19,20);1H. The molecule has 1 aliphatic rings. The first-order valence-corrected chi connectivity index (χ1v) is 11.1. The molecule has 2 atom stereocenters. The number of ether oxygens (including phenoxy) is 1. The minimum Gasteiger partial charge on any atom is -0.379 e. The Labute approximate surface area is 170 Å². The molecule has 0 heterocycles. The van der Waals surface area contributed by atoms with Crippen molar-refractivity contribution in [2.45, 2.75) is 52.0 Å². The fourth-order valence-electron chi connectivity index (χ4n) is 3.16. The van der Waals surface area contributed by atoms with Crippen molar-refractivity contribution in [2.24, 2.45) is 16.8 Å². The smallest absolute Gasteiger partial charge is 0.191 e. The van der Waals surface area contributed by atoms with E-state index in [1.54, 1.807) is 7.05 Å². The van der Waals surface area contributed by atoms with Gasteiger partial charge in [-0.2, -0.15) is 0 Å². The number of hydrogen-bond donors (Lipinski definition) is 2. The van der Waals surface area contributed by atoms with Gasteiger partial charge in [-0.1, -0.05) is 39.0 Å². The lowest BCUT2D eigenvalue weighted by molar-refractivity contribution is 0.153. The molecule has 0 saturated heterocycles. The van der Waals surface area contributed by atoms with E-state index in [1.807, 2.05) is 0 Å². The molecule has 1 aliphatic carbocycles. The summed E-state index contributed by atoms with van der Waals surface area (Å²) in [6.45, 7) is 5.85. The Bertz CT molecular complexity index is 480. The van der Waals surface area contributed by atoms with Crippen LogP contribution in [0.5, 0.6) is 0 Å². The molecule has 0 amide bonds. The zero-order valence-corrected chi connectivity index (χ0v) is 19.2. The van der Waals surface area contributed by atoms with Gasteiger partial charge < -0.3 is 15.4 Å². The van der Waals surface area contributed by atoms with Crippen LogP contribution in [0.3, 0.4) is 0 Å². The van der Waals surface area contributed by atoms with Crippen molar-refractivity contribution in [3.05, 3.63) is 0 Å². The van der Waals surface area contributed by atoms with E-state index in [0.29, 0.717) is 25.1 Å². The topological polar surface area (TPSA) is 79.8 Å². The summed E-state index contributed by atoms with van der Waals surface area (Å²) in [6.07, 6.45) is 8.00. The van der Waals surface area contributed by atoms with Crippen LogP contribution in [0.4, 0.5) is 0 Å². The maximum Gasteiger partial charge on any atom is 0.191 e. The molecule has 0 aliphatic heterocycles. The third-order valence-electron chi connectivity index (χ3n) is 4.91. The summed E-state index contributed by atoms with van der Waals surface area (Å²) >= 11 is 0. The molecule has 1 rings (SSSR count). The Balaban J connectivity index is 0.00000576. The molecule has 6 nitrogen and oxygen atoms in total. The molecule has 0 bridgehead atoms. The van der Waals surface area contributed by atoms with Crippen molar-refractivity contribution < 1.29 is 13.2 Å². The maximum atomic E-state index is 11.0. The summed E-state index contributed by atoms with van der Waals surface area (Å²) in [5.74, 6) is 2.26. The van der Waals surface area contributed by atoms with Crippen molar-refractivity contribution in [3.63, 3.8) is 0 Å². The lowest BCUT2D eigenvalue weighted by Gasteiger charge is -2.32. The average molecular weight is 489 g/mol. The highest BCUT2D eigenvalue weighted by atomic mass is 127. The summed E-state index contributed by atoms with van der Waals surface area (Å²) in [7, 11) is -1.19. The number of halogens is 1. The van der Waals surface area contributed by atoms with E-state index in [0.717, 1.165) is 11.9 Å². The van der Waals surface area contributed by atoms with Gasteiger partial charge in [0.05, 0.1) is 19.0 Å². The highest BCUT2D eigenvalue weighted by Gasteiger charge is 2.24. The van der Waals surface area contributed by atoms with Gasteiger partial charge in [0.1, 0.15) is 9.84 Å². The molecule has 2 N–H and O–H groups in total. The second kappa shape index (κ2) is 13.1. The largest absolute Gasteiger partial charge is 0.379 e. The van der Waals surface area contributed by atoms with Crippen molar-refractivity contribution in [2.75, 3.05) is 38.8 Å². The van der Waals surface area contributed by atoms with Gasteiger partial charge in [0, 0.05) is 25.9 Å². The number of nitrogens with zero attached hydrogens (tertiary/aromatic N) is 1. The Hall–Kier alpha value is -0.0900. The number of hydrogen-bond acceptors (Lipinski definition) is 4. The fourth-order valence-corrected chi connectivity index (χ4v) is 3.58. The van der Waals surface area contributed by atoms with Crippen LogP contribution in [0.1, 0.15) is 46.0 Å². The van der Waals surface area contributed by atoms with Gasteiger partial charge in [0.25, 0.3) is 0 Å². The number of nitrogens with one attached hydrogen (secondary N) is 2. The summed E-state index contributed by atoms with van der Waals surface area (Å²) in [5, 5.41) is 6.69. The Kier molecular flexibility index (Phi) is 13.1. The maximum absolute atomic E-state index is 11.0. The van der Waals surface area contributed by atoms with E-state index in [2.05, 4.69) is 29.5 Å². The van der Waals surface area contributed by atoms with Gasteiger partial charge in [-0.3, -0.25) is 4.99 Å². The van der Waals surface area contributed by atoms with Crippen LogP contribution in [0.15, 0.2) is 4.99 Å². The first kappa shape index (κ1) is 24.9. The van der Waals surface area contributed by atoms with Gasteiger partial charge in [0.15, 0.2) is 5.96 Å². The highest BCUT2D eigenvalue weighted by Crippen LogP contribution is 2.31. The van der Waals surface area contributed by atoms with Crippen molar-refractivity contribution >= 4 is 39.8 Å².